The van der Waals surface area contributed by atoms with Crippen LogP contribution in [0.15, 0.2) is 24.3 Å². The number of benzene rings is 1. The average Bonchev–Trinajstić information content (AvgIpc) is 2.72. The maximum Gasteiger partial charge on any atom is 0.308 e. The molecule has 1 amide bonds. The van der Waals surface area contributed by atoms with Gasteiger partial charge in [0.15, 0.2) is 0 Å². The van der Waals surface area contributed by atoms with E-state index in [1.54, 1.807) is 0 Å². The van der Waals surface area contributed by atoms with Crippen molar-refractivity contribution in [2.75, 3.05) is 18.4 Å². The number of anilines is 1. The second kappa shape index (κ2) is 6.05. The van der Waals surface area contributed by atoms with Gasteiger partial charge in [-0.3, -0.25) is 14.5 Å². The van der Waals surface area contributed by atoms with Gasteiger partial charge < -0.3 is 10.4 Å². The van der Waals surface area contributed by atoms with Crippen molar-refractivity contribution in [3.05, 3.63) is 29.8 Å². The van der Waals surface area contributed by atoms with E-state index in [9.17, 15) is 9.59 Å². The Morgan fingerprint density at radius 3 is 2.45 bits per heavy atom. The Morgan fingerprint density at radius 1 is 1.30 bits per heavy atom. The van der Waals surface area contributed by atoms with Gasteiger partial charge in [-0.25, -0.2) is 0 Å². The summed E-state index contributed by atoms with van der Waals surface area (Å²) >= 11 is 0. The lowest BCUT2D eigenvalue weighted by atomic mass is 9.99. The van der Waals surface area contributed by atoms with Gasteiger partial charge in [-0.2, -0.15) is 0 Å². The van der Waals surface area contributed by atoms with Gasteiger partial charge in [0.1, 0.15) is 0 Å². The topological polar surface area (TPSA) is 69.6 Å². The van der Waals surface area contributed by atoms with Gasteiger partial charge in [-0.05, 0) is 23.6 Å². The maximum atomic E-state index is 11.1. The fraction of sp³-hybridized carbons (Fsp3) is 0.467. The molecule has 0 radical (unpaired) electrons. The Bertz CT molecular complexity index is 498. The van der Waals surface area contributed by atoms with Gasteiger partial charge in [0.25, 0.3) is 0 Å². The third-order valence-corrected chi connectivity index (χ3v) is 3.69. The van der Waals surface area contributed by atoms with Gasteiger partial charge in [0.05, 0.1) is 5.92 Å². The van der Waals surface area contributed by atoms with Crippen LogP contribution in [-0.4, -0.2) is 35.0 Å². The van der Waals surface area contributed by atoms with Crippen molar-refractivity contribution in [1.29, 1.82) is 0 Å². The van der Waals surface area contributed by atoms with Crippen LogP contribution in [0.5, 0.6) is 0 Å². The molecule has 1 aliphatic rings. The highest BCUT2D eigenvalue weighted by atomic mass is 16.4. The first-order valence-electron chi connectivity index (χ1n) is 6.77. The molecule has 2 unspecified atom stereocenters. The summed E-state index contributed by atoms with van der Waals surface area (Å²) in [6.07, 6.45) is 0. The number of hydrogen-bond acceptors (Lipinski definition) is 3. The molecule has 5 heteroatoms. The third-order valence-electron chi connectivity index (χ3n) is 3.69. The fourth-order valence-corrected chi connectivity index (χ4v) is 2.67. The molecule has 1 saturated heterocycles. The van der Waals surface area contributed by atoms with Gasteiger partial charge in [0.2, 0.25) is 5.91 Å². The summed E-state index contributed by atoms with van der Waals surface area (Å²) in [7, 11) is 0. The minimum absolute atomic E-state index is 0.0876. The van der Waals surface area contributed by atoms with E-state index in [0.717, 1.165) is 24.3 Å². The number of likely N-dealkylation sites (tertiary alicyclic amines) is 1. The van der Waals surface area contributed by atoms with Gasteiger partial charge in [-0.1, -0.05) is 19.1 Å². The largest absolute Gasteiger partial charge is 0.481 e. The van der Waals surface area contributed by atoms with Crippen molar-refractivity contribution in [2.45, 2.75) is 20.4 Å². The van der Waals surface area contributed by atoms with Crippen LogP contribution in [0.4, 0.5) is 5.69 Å². The van der Waals surface area contributed by atoms with E-state index < -0.39 is 5.97 Å². The molecule has 0 aromatic heterocycles. The number of rotatable bonds is 4. The zero-order valence-corrected chi connectivity index (χ0v) is 11.8. The predicted octanol–water partition coefficient (Wildman–Crippen LogP) is 1.80. The van der Waals surface area contributed by atoms with Gasteiger partial charge >= 0.3 is 5.97 Å². The van der Waals surface area contributed by atoms with Gasteiger partial charge in [0, 0.05) is 32.2 Å². The summed E-state index contributed by atoms with van der Waals surface area (Å²) in [5, 5.41) is 11.8. The Labute approximate surface area is 118 Å². The molecule has 108 valence electrons. The molecule has 0 aliphatic carbocycles. The monoisotopic (exact) mass is 276 g/mol. The van der Waals surface area contributed by atoms with E-state index >= 15 is 0 Å². The highest BCUT2D eigenvalue weighted by Crippen LogP contribution is 2.24. The number of nitrogens with zero attached hydrogens (tertiary/aromatic N) is 1. The zero-order valence-electron chi connectivity index (χ0n) is 11.8. The highest BCUT2D eigenvalue weighted by molar-refractivity contribution is 5.88. The number of aliphatic carboxylic acids is 1. The van der Waals surface area contributed by atoms with Crippen molar-refractivity contribution in [2.24, 2.45) is 11.8 Å². The number of hydrogen-bond donors (Lipinski definition) is 2. The SMILES string of the molecule is CC(=O)Nc1ccc(CN2CC(C)C(C(=O)O)C2)cc1. The zero-order chi connectivity index (χ0) is 14.7. The quantitative estimate of drug-likeness (QED) is 0.879. The lowest BCUT2D eigenvalue weighted by Gasteiger charge is -2.15. The minimum Gasteiger partial charge on any atom is -0.481 e. The molecule has 2 atom stereocenters. The number of carboxylic acids is 1. The van der Waals surface area contributed by atoms with Crippen LogP contribution in [0.3, 0.4) is 0 Å². The first kappa shape index (κ1) is 14.5. The van der Waals surface area contributed by atoms with Crippen LogP contribution in [0.25, 0.3) is 0 Å². The Kier molecular flexibility index (Phi) is 4.39. The summed E-state index contributed by atoms with van der Waals surface area (Å²) in [5.41, 5.74) is 1.90. The molecule has 1 aromatic rings. The normalized spacial score (nSPS) is 22.7. The molecule has 1 aromatic carbocycles. The molecule has 20 heavy (non-hydrogen) atoms. The van der Waals surface area contributed by atoms with Crippen LogP contribution in [-0.2, 0) is 16.1 Å². The minimum atomic E-state index is -0.707. The smallest absolute Gasteiger partial charge is 0.308 e. The third kappa shape index (κ3) is 3.57. The van der Waals surface area contributed by atoms with Crippen LogP contribution in [0.2, 0.25) is 0 Å². The van der Waals surface area contributed by atoms with Crippen LogP contribution >= 0.6 is 0 Å². The molecule has 0 bridgehead atoms. The molecule has 1 heterocycles. The molecular formula is C15H20N2O3. The summed E-state index contributed by atoms with van der Waals surface area (Å²) in [4.78, 5) is 24.2. The Morgan fingerprint density at radius 2 is 1.95 bits per heavy atom. The molecule has 1 fully saturated rings. The van der Waals surface area contributed by atoms with E-state index in [2.05, 4.69) is 10.2 Å². The summed E-state index contributed by atoms with van der Waals surface area (Å²) in [6.45, 7) is 5.62. The molecule has 0 spiro atoms. The number of amides is 1. The van der Waals surface area contributed by atoms with Crippen LogP contribution in [0, 0.1) is 11.8 Å². The van der Waals surface area contributed by atoms with E-state index in [4.69, 9.17) is 5.11 Å². The first-order valence-corrected chi connectivity index (χ1v) is 6.77. The average molecular weight is 276 g/mol. The number of carbonyl (C=O) groups is 2. The van der Waals surface area contributed by atoms with E-state index in [1.165, 1.54) is 6.92 Å². The molecular weight excluding hydrogens is 256 g/mol. The number of nitrogens with one attached hydrogen (secondary N) is 1. The Balaban J connectivity index is 1.94. The van der Waals surface area contributed by atoms with E-state index in [0.29, 0.717) is 6.54 Å². The van der Waals surface area contributed by atoms with E-state index in [1.807, 2.05) is 31.2 Å². The molecule has 0 saturated carbocycles. The molecule has 2 rings (SSSR count). The first-order chi connectivity index (χ1) is 9.45. The lowest BCUT2D eigenvalue weighted by molar-refractivity contribution is -0.142. The standard InChI is InChI=1S/C15H20N2O3/c1-10-7-17(9-14(10)15(19)20)8-12-3-5-13(6-4-12)16-11(2)18/h3-6,10,14H,7-9H2,1-2H3,(H,16,18)(H,19,20). The highest BCUT2D eigenvalue weighted by Gasteiger charge is 2.34. The molecule has 2 N–H and O–H groups in total. The number of carbonyl (C=O) groups excluding carboxylic acids is 1. The van der Waals surface area contributed by atoms with E-state index in [-0.39, 0.29) is 17.7 Å². The second-order valence-electron chi connectivity index (χ2n) is 5.49. The number of carboxylic acid groups (broad SMARTS) is 1. The summed E-state index contributed by atoms with van der Waals surface area (Å²) < 4.78 is 0. The molecule has 5 nitrogen and oxygen atoms in total. The maximum absolute atomic E-state index is 11.1. The molecule has 1 aliphatic heterocycles. The lowest BCUT2D eigenvalue weighted by Crippen LogP contribution is -2.23. The summed E-state index contributed by atoms with van der Waals surface area (Å²) in [6, 6.07) is 7.66. The van der Waals surface area contributed by atoms with Crippen molar-refractivity contribution in [3.63, 3.8) is 0 Å². The van der Waals surface area contributed by atoms with Crippen molar-refractivity contribution >= 4 is 17.6 Å². The second-order valence-corrected chi connectivity index (χ2v) is 5.49. The van der Waals surface area contributed by atoms with Crippen LogP contribution in [0.1, 0.15) is 19.4 Å². The fourth-order valence-electron chi connectivity index (χ4n) is 2.67. The Hall–Kier alpha value is -1.88. The van der Waals surface area contributed by atoms with Crippen molar-refractivity contribution < 1.29 is 14.7 Å². The van der Waals surface area contributed by atoms with Crippen LogP contribution < -0.4 is 5.32 Å². The van der Waals surface area contributed by atoms with Crippen molar-refractivity contribution in [1.82, 2.24) is 4.90 Å². The summed E-state index contributed by atoms with van der Waals surface area (Å²) in [5.74, 6) is -0.878. The van der Waals surface area contributed by atoms with Crippen molar-refractivity contribution in [3.8, 4) is 0 Å². The predicted molar refractivity (Wildman–Crippen MR) is 76.3 cm³/mol. The van der Waals surface area contributed by atoms with Gasteiger partial charge in [-0.15, -0.1) is 0 Å².